The molecule has 106 valence electrons. The number of hydrogen-bond donors (Lipinski definition) is 1. The maximum absolute atomic E-state index is 6.66. The molecule has 0 aliphatic heterocycles. The molecule has 1 heterocycles. The van der Waals surface area contributed by atoms with Gasteiger partial charge < -0.3 is 5.73 Å². The van der Waals surface area contributed by atoms with Gasteiger partial charge in [-0.2, -0.15) is 0 Å². The molecule has 0 amide bonds. The fourth-order valence-electron chi connectivity index (χ4n) is 2.81. The maximum Gasteiger partial charge on any atom is 0.0503 e. The maximum atomic E-state index is 6.66. The van der Waals surface area contributed by atoms with Crippen molar-refractivity contribution < 1.29 is 0 Å². The molecule has 0 fully saturated rings. The first-order chi connectivity index (χ1) is 10.3. The average Bonchev–Trinajstić information content (AvgIpc) is 2.96. The van der Waals surface area contributed by atoms with Gasteiger partial charge in [0, 0.05) is 10.8 Å². The lowest BCUT2D eigenvalue weighted by Crippen LogP contribution is -2.20. The van der Waals surface area contributed by atoms with Crippen LogP contribution in [0.3, 0.4) is 0 Å². The van der Waals surface area contributed by atoms with Crippen LogP contribution in [0.15, 0.2) is 72.1 Å². The summed E-state index contributed by atoms with van der Waals surface area (Å²) >= 11 is 1.75. The predicted octanol–water partition coefficient (Wildman–Crippen LogP) is 4.89. The standard InChI is InChI=1S/C19H19NS/c1-14-12-13-21-19(14)18(20)17(15-8-4-2-5-9-15)16-10-6-3-7-11-16/h2-13,17-18H,20H2,1H3. The monoisotopic (exact) mass is 293 g/mol. The number of rotatable bonds is 4. The summed E-state index contributed by atoms with van der Waals surface area (Å²) in [5, 5.41) is 2.12. The summed E-state index contributed by atoms with van der Waals surface area (Å²) in [4.78, 5) is 1.27. The summed E-state index contributed by atoms with van der Waals surface area (Å²) in [5.41, 5.74) is 10.5. The highest BCUT2D eigenvalue weighted by atomic mass is 32.1. The third-order valence-corrected chi connectivity index (χ3v) is 5.00. The molecule has 3 rings (SSSR count). The zero-order chi connectivity index (χ0) is 14.7. The van der Waals surface area contributed by atoms with Crippen LogP contribution in [0.2, 0.25) is 0 Å². The Balaban J connectivity index is 2.07. The first kappa shape index (κ1) is 14.1. The van der Waals surface area contributed by atoms with Crippen LogP contribution in [-0.2, 0) is 0 Å². The molecular formula is C19H19NS. The molecule has 2 heteroatoms. The minimum atomic E-state index is -0.0187. The lowest BCUT2D eigenvalue weighted by molar-refractivity contribution is 0.637. The second kappa shape index (κ2) is 6.25. The molecule has 0 radical (unpaired) electrons. The van der Waals surface area contributed by atoms with E-state index in [2.05, 4.69) is 66.9 Å². The predicted molar refractivity (Wildman–Crippen MR) is 90.7 cm³/mol. The van der Waals surface area contributed by atoms with Crippen molar-refractivity contribution in [2.24, 2.45) is 5.73 Å². The summed E-state index contributed by atoms with van der Waals surface area (Å²) in [6, 6.07) is 23.2. The van der Waals surface area contributed by atoms with E-state index in [0.717, 1.165) is 0 Å². The highest BCUT2D eigenvalue weighted by molar-refractivity contribution is 7.10. The molecule has 3 aromatic rings. The normalized spacial score (nSPS) is 12.5. The van der Waals surface area contributed by atoms with Gasteiger partial charge in [0.15, 0.2) is 0 Å². The molecule has 1 nitrogen and oxygen atoms in total. The van der Waals surface area contributed by atoms with E-state index >= 15 is 0 Å². The Morgan fingerprint density at radius 1 is 0.810 bits per heavy atom. The largest absolute Gasteiger partial charge is 0.322 e. The summed E-state index contributed by atoms with van der Waals surface area (Å²) in [5.74, 6) is 0.185. The minimum Gasteiger partial charge on any atom is -0.322 e. The number of thiophene rings is 1. The van der Waals surface area contributed by atoms with E-state index in [1.807, 2.05) is 12.1 Å². The van der Waals surface area contributed by atoms with Gasteiger partial charge in [-0.1, -0.05) is 60.7 Å². The van der Waals surface area contributed by atoms with E-state index in [9.17, 15) is 0 Å². The van der Waals surface area contributed by atoms with Crippen molar-refractivity contribution in [2.75, 3.05) is 0 Å². The van der Waals surface area contributed by atoms with Crippen LogP contribution in [0, 0.1) is 6.92 Å². The molecule has 0 bridgehead atoms. The zero-order valence-corrected chi connectivity index (χ0v) is 12.9. The van der Waals surface area contributed by atoms with Crippen LogP contribution in [0.25, 0.3) is 0 Å². The van der Waals surface area contributed by atoms with Crippen LogP contribution in [0.4, 0.5) is 0 Å². The van der Waals surface area contributed by atoms with E-state index in [-0.39, 0.29) is 12.0 Å². The van der Waals surface area contributed by atoms with Crippen molar-refractivity contribution in [3.05, 3.63) is 93.7 Å². The van der Waals surface area contributed by atoms with Crippen LogP contribution in [-0.4, -0.2) is 0 Å². The second-order valence-corrected chi connectivity index (χ2v) is 6.24. The van der Waals surface area contributed by atoms with Gasteiger partial charge >= 0.3 is 0 Å². The Hall–Kier alpha value is -1.90. The van der Waals surface area contributed by atoms with E-state index in [1.54, 1.807) is 11.3 Å². The lowest BCUT2D eigenvalue weighted by Gasteiger charge is -2.25. The van der Waals surface area contributed by atoms with Gasteiger partial charge in [-0.15, -0.1) is 11.3 Å². The molecule has 0 saturated carbocycles. The van der Waals surface area contributed by atoms with Gasteiger partial charge in [0.05, 0.1) is 6.04 Å². The SMILES string of the molecule is Cc1ccsc1C(N)C(c1ccccc1)c1ccccc1. The molecule has 0 saturated heterocycles. The molecule has 1 unspecified atom stereocenters. The zero-order valence-electron chi connectivity index (χ0n) is 12.1. The molecule has 2 N–H and O–H groups in total. The molecular weight excluding hydrogens is 274 g/mol. The molecule has 0 aliphatic carbocycles. The summed E-state index contributed by atoms with van der Waals surface area (Å²) in [6.07, 6.45) is 0. The van der Waals surface area contributed by atoms with Gasteiger partial charge in [0.1, 0.15) is 0 Å². The third kappa shape index (κ3) is 2.92. The van der Waals surface area contributed by atoms with Crippen molar-refractivity contribution >= 4 is 11.3 Å². The molecule has 0 aliphatic rings. The van der Waals surface area contributed by atoms with E-state index in [1.165, 1.54) is 21.6 Å². The van der Waals surface area contributed by atoms with Crippen LogP contribution >= 0.6 is 11.3 Å². The Bertz CT molecular complexity index is 648. The van der Waals surface area contributed by atoms with Crippen LogP contribution in [0.5, 0.6) is 0 Å². The summed E-state index contributed by atoms with van der Waals surface area (Å²) < 4.78 is 0. The van der Waals surface area contributed by atoms with Crippen molar-refractivity contribution in [3.8, 4) is 0 Å². The van der Waals surface area contributed by atoms with Gasteiger partial charge in [-0.25, -0.2) is 0 Å². The van der Waals surface area contributed by atoms with Crippen LogP contribution < -0.4 is 5.73 Å². The Labute approximate surface area is 130 Å². The average molecular weight is 293 g/mol. The van der Waals surface area contributed by atoms with Crippen molar-refractivity contribution in [3.63, 3.8) is 0 Å². The van der Waals surface area contributed by atoms with E-state index < -0.39 is 0 Å². The minimum absolute atomic E-state index is 0.0187. The van der Waals surface area contributed by atoms with Gasteiger partial charge in [0.2, 0.25) is 0 Å². The van der Waals surface area contributed by atoms with E-state index in [4.69, 9.17) is 5.73 Å². The lowest BCUT2D eigenvalue weighted by atomic mass is 9.84. The van der Waals surface area contributed by atoms with Crippen LogP contribution in [0.1, 0.15) is 33.5 Å². The third-order valence-electron chi connectivity index (χ3n) is 3.88. The summed E-state index contributed by atoms with van der Waals surface area (Å²) in [7, 11) is 0. The number of aryl methyl sites for hydroxylation is 1. The first-order valence-electron chi connectivity index (χ1n) is 7.17. The first-order valence-corrected chi connectivity index (χ1v) is 8.05. The van der Waals surface area contributed by atoms with Gasteiger partial charge in [-0.05, 0) is 35.1 Å². The molecule has 21 heavy (non-hydrogen) atoms. The molecule has 1 aromatic heterocycles. The molecule has 2 aromatic carbocycles. The van der Waals surface area contributed by atoms with Gasteiger partial charge in [0.25, 0.3) is 0 Å². The second-order valence-electron chi connectivity index (χ2n) is 5.29. The quantitative estimate of drug-likeness (QED) is 0.728. The topological polar surface area (TPSA) is 26.0 Å². The number of hydrogen-bond acceptors (Lipinski definition) is 2. The molecule has 0 spiro atoms. The fourth-order valence-corrected chi connectivity index (χ4v) is 3.77. The smallest absolute Gasteiger partial charge is 0.0503 e. The van der Waals surface area contributed by atoms with Crippen molar-refractivity contribution in [1.82, 2.24) is 0 Å². The summed E-state index contributed by atoms with van der Waals surface area (Å²) in [6.45, 7) is 2.14. The molecule has 1 atom stereocenters. The van der Waals surface area contributed by atoms with Crippen molar-refractivity contribution in [2.45, 2.75) is 18.9 Å². The van der Waals surface area contributed by atoms with Gasteiger partial charge in [-0.3, -0.25) is 0 Å². The number of nitrogens with two attached hydrogens (primary N) is 1. The van der Waals surface area contributed by atoms with Crippen molar-refractivity contribution in [1.29, 1.82) is 0 Å². The van der Waals surface area contributed by atoms with E-state index in [0.29, 0.717) is 0 Å². The fraction of sp³-hybridized carbons (Fsp3) is 0.158. The highest BCUT2D eigenvalue weighted by Crippen LogP contribution is 2.38. The Morgan fingerprint density at radius 3 is 1.76 bits per heavy atom. The Morgan fingerprint density at radius 2 is 1.33 bits per heavy atom. The number of benzene rings is 2. The Kier molecular flexibility index (Phi) is 4.18. The highest BCUT2D eigenvalue weighted by Gasteiger charge is 2.25.